The van der Waals surface area contributed by atoms with Crippen LogP contribution >= 0.6 is 34.2 Å². The van der Waals surface area contributed by atoms with Crippen molar-refractivity contribution < 1.29 is 13.2 Å². The molecule has 0 radical (unpaired) electrons. The van der Waals surface area contributed by atoms with E-state index in [0.717, 1.165) is 12.1 Å². The van der Waals surface area contributed by atoms with Gasteiger partial charge in [0.25, 0.3) is 0 Å². The summed E-state index contributed by atoms with van der Waals surface area (Å²) in [6.45, 7) is 0. The molecule has 6 heteroatoms. The van der Waals surface area contributed by atoms with Crippen LogP contribution in [-0.2, 0) is 6.18 Å². The van der Waals surface area contributed by atoms with Gasteiger partial charge in [-0.2, -0.15) is 13.2 Å². The third-order valence-electron chi connectivity index (χ3n) is 1.38. The summed E-state index contributed by atoms with van der Waals surface area (Å²) in [7, 11) is 0. The number of halogens is 5. The fourth-order valence-corrected chi connectivity index (χ4v) is 1.31. The van der Waals surface area contributed by atoms with E-state index in [1.807, 2.05) is 0 Å². The Kier molecular flexibility index (Phi) is 2.96. The van der Waals surface area contributed by atoms with Gasteiger partial charge in [-0.1, -0.05) is 11.6 Å². The van der Waals surface area contributed by atoms with Gasteiger partial charge in [-0.15, -0.1) is 0 Å². The third kappa shape index (κ3) is 2.40. The lowest BCUT2D eigenvalue weighted by Gasteiger charge is -2.09. The molecule has 0 heterocycles. The van der Waals surface area contributed by atoms with Gasteiger partial charge >= 0.3 is 6.18 Å². The summed E-state index contributed by atoms with van der Waals surface area (Å²) in [6.07, 6.45) is -4.40. The Morgan fingerprint density at radius 3 is 2.23 bits per heavy atom. The molecule has 1 nitrogen and oxygen atoms in total. The zero-order chi connectivity index (χ0) is 10.2. The lowest BCUT2D eigenvalue weighted by molar-refractivity contribution is -0.137. The first-order valence-corrected chi connectivity index (χ1v) is 4.60. The largest absolute Gasteiger partial charge is 0.416 e. The first-order valence-electron chi connectivity index (χ1n) is 3.14. The lowest BCUT2D eigenvalue weighted by Crippen LogP contribution is -2.06. The second kappa shape index (κ2) is 3.53. The molecule has 0 bridgehead atoms. The van der Waals surface area contributed by atoms with Crippen LogP contribution in [0.15, 0.2) is 12.1 Å². The van der Waals surface area contributed by atoms with E-state index in [2.05, 4.69) is 0 Å². The maximum atomic E-state index is 12.2. The molecule has 0 aromatic heterocycles. The van der Waals surface area contributed by atoms with E-state index in [1.165, 1.54) is 0 Å². The fraction of sp³-hybridized carbons (Fsp3) is 0.143. The number of nitrogens with two attached hydrogens (primary N) is 1. The van der Waals surface area contributed by atoms with Crippen LogP contribution < -0.4 is 5.73 Å². The van der Waals surface area contributed by atoms with Gasteiger partial charge in [0, 0.05) is 5.69 Å². The highest BCUT2D eigenvalue weighted by molar-refractivity contribution is 14.1. The van der Waals surface area contributed by atoms with E-state index < -0.39 is 11.7 Å². The molecular weight excluding hydrogens is 317 g/mol. The van der Waals surface area contributed by atoms with Crippen LogP contribution in [0.3, 0.4) is 0 Å². The molecule has 13 heavy (non-hydrogen) atoms. The van der Waals surface area contributed by atoms with E-state index in [-0.39, 0.29) is 10.7 Å². The van der Waals surface area contributed by atoms with Gasteiger partial charge in [-0.25, -0.2) is 0 Å². The second-order valence-electron chi connectivity index (χ2n) is 2.36. The molecule has 0 aliphatic heterocycles. The van der Waals surface area contributed by atoms with Crippen LogP contribution in [0.4, 0.5) is 18.9 Å². The van der Waals surface area contributed by atoms with E-state index in [4.69, 9.17) is 17.3 Å². The van der Waals surface area contributed by atoms with Crippen molar-refractivity contribution in [2.24, 2.45) is 0 Å². The molecule has 1 rings (SSSR count). The highest BCUT2D eigenvalue weighted by Crippen LogP contribution is 2.35. The maximum absolute atomic E-state index is 12.2. The molecule has 0 spiro atoms. The predicted octanol–water partition coefficient (Wildman–Crippen LogP) is 3.55. The Bertz CT molecular complexity index is 314. The van der Waals surface area contributed by atoms with E-state index >= 15 is 0 Å². The molecule has 0 saturated heterocycles. The van der Waals surface area contributed by atoms with Gasteiger partial charge in [0.15, 0.2) is 0 Å². The summed E-state index contributed by atoms with van der Waals surface area (Å²) in [5.74, 6) is 0. The van der Waals surface area contributed by atoms with Crippen LogP contribution in [0.2, 0.25) is 5.02 Å². The Hall–Kier alpha value is -0.170. The van der Waals surface area contributed by atoms with Crippen molar-refractivity contribution in [3.63, 3.8) is 0 Å². The molecule has 0 fully saturated rings. The molecule has 0 atom stereocenters. The zero-order valence-electron chi connectivity index (χ0n) is 6.12. The SMILES string of the molecule is Nc1cc(C(F)(F)F)cc(Cl)c1I. The zero-order valence-corrected chi connectivity index (χ0v) is 9.04. The summed E-state index contributed by atoms with van der Waals surface area (Å²) < 4.78 is 36.9. The normalized spacial score (nSPS) is 11.8. The lowest BCUT2D eigenvalue weighted by atomic mass is 10.2. The summed E-state index contributed by atoms with van der Waals surface area (Å²) >= 11 is 7.33. The molecule has 0 saturated carbocycles. The van der Waals surface area contributed by atoms with Crippen LogP contribution in [0, 0.1) is 3.57 Å². The van der Waals surface area contributed by atoms with Crippen molar-refractivity contribution >= 4 is 39.9 Å². The summed E-state index contributed by atoms with van der Waals surface area (Å²) in [4.78, 5) is 0. The number of benzene rings is 1. The Balaban J connectivity index is 3.29. The van der Waals surface area contributed by atoms with Crippen LogP contribution in [0.5, 0.6) is 0 Å². The number of alkyl halides is 3. The van der Waals surface area contributed by atoms with Gasteiger partial charge in [0.05, 0.1) is 14.2 Å². The number of rotatable bonds is 0. The number of nitrogen functional groups attached to an aromatic ring is 1. The van der Waals surface area contributed by atoms with Crippen molar-refractivity contribution in [3.05, 3.63) is 26.3 Å². The minimum Gasteiger partial charge on any atom is -0.398 e. The topological polar surface area (TPSA) is 26.0 Å². The van der Waals surface area contributed by atoms with Crippen molar-refractivity contribution in [2.75, 3.05) is 5.73 Å². The minimum atomic E-state index is -4.40. The highest BCUT2D eigenvalue weighted by Gasteiger charge is 2.31. The molecule has 0 unspecified atom stereocenters. The Morgan fingerprint density at radius 1 is 1.31 bits per heavy atom. The predicted molar refractivity (Wildman–Crippen MR) is 53.6 cm³/mol. The maximum Gasteiger partial charge on any atom is 0.416 e. The van der Waals surface area contributed by atoms with E-state index in [9.17, 15) is 13.2 Å². The van der Waals surface area contributed by atoms with Crippen LogP contribution in [-0.4, -0.2) is 0 Å². The van der Waals surface area contributed by atoms with Crippen molar-refractivity contribution in [1.82, 2.24) is 0 Å². The molecule has 0 amide bonds. The van der Waals surface area contributed by atoms with Gasteiger partial charge in [-0.05, 0) is 34.7 Å². The Morgan fingerprint density at radius 2 is 1.85 bits per heavy atom. The fourth-order valence-electron chi connectivity index (χ4n) is 0.774. The molecule has 1 aromatic carbocycles. The highest BCUT2D eigenvalue weighted by atomic mass is 127. The van der Waals surface area contributed by atoms with Crippen LogP contribution in [0.25, 0.3) is 0 Å². The number of anilines is 1. The Labute approximate surface area is 91.2 Å². The number of hydrogen-bond acceptors (Lipinski definition) is 1. The smallest absolute Gasteiger partial charge is 0.398 e. The monoisotopic (exact) mass is 321 g/mol. The third-order valence-corrected chi connectivity index (χ3v) is 3.20. The van der Waals surface area contributed by atoms with Crippen molar-refractivity contribution in [1.29, 1.82) is 0 Å². The summed E-state index contributed by atoms with van der Waals surface area (Å²) in [5, 5.41) is 0.0212. The molecule has 0 aliphatic carbocycles. The molecule has 72 valence electrons. The minimum absolute atomic E-state index is 0.0212. The van der Waals surface area contributed by atoms with Crippen LogP contribution in [0.1, 0.15) is 5.56 Å². The molecule has 1 aromatic rings. The van der Waals surface area contributed by atoms with Gasteiger partial charge < -0.3 is 5.73 Å². The number of hydrogen-bond donors (Lipinski definition) is 1. The van der Waals surface area contributed by atoms with Crippen molar-refractivity contribution in [3.8, 4) is 0 Å². The first-order chi connectivity index (χ1) is 5.82. The van der Waals surface area contributed by atoms with Gasteiger partial charge in [-0.3, -0.25) is 0 Å². The van der Waals surface area contributed by atoms with E-state index in [1.54, 1.807) is 22.6 Å². The van der Waals surface area contributed by atoms with Gasteiger partial charge in [0.2, 0.25) is 0 Å². The first kappa shape index (κ1) is 10.9. The molecule has 0 aliphatic rings. The second-order valence-corrected chi connectivity index (χ2v) is 3.84. The summed E-state index contributed by atoms with van der Waals surface area (Å²) in [5.41, 5.74) is 4.54. The van der Waals surface area contributed by atoms with E-state index in [0.29, 0.717) is 3.57 Å². The van der Waals surface area contributed by atoms with Crippen molar-refractivity contribution in [2.45, 2.75) is 6.18 Å². The quantitative estimate of drug-likeness (QED) is 0.574. The average molecular weight is 321 g/mol. The average Bonchev–Trinajstić information content (AvgIpc) is 1.97. The molecular formula is C7H4ClF3IN. The standard InChI is InChI=1S/C7H4ClF3IN/c8-4-1-3(7(9,10)11)2-5(13)6(4)12/h1-2H,13H2. The summed E-state index contributed by atoms with van der Waals surface area (Å²) in [6, 6.07) is 1.73. The van der Waals surface area contributed by atoms with Gasteiger partial charge in [0.1, 0.15) is 0 Å². The molecule has 2 N–H and O–H groups in total.